The van der Waals surface area contributed by atoms with Crippen LogP contribution in [0.2, 0.25) is 0 Å². The van der Waals surface area contributed by atoms with Gasteiger partial charge in [-0.15, -0.1) is 0 Å². The van der Waals surface area contributed by atoms with E-state index in [0.29, 0.717) is 11.8 Å². The van der Waals surface area contributed by atoms with E-state index in [1.165, 1.54) is 0 Å². The molecule has 0 aromatic carbocycles. The fourth-order valence-electron chi connectivity index (χ4n) is 0.966. The van der Waals surface area contributed by atoms with Crippen LogP contribution >= 0.6 is 15.9 Å². The predicted octanol–water partition coefficient (Wildman–Crippen LogP) is 2.43. The molecule has 6 heteroatoms. The van der Waals surface area contributed by atoms with E-state index < -0.39 is 17.9 Å². The molecule has 1 N–H and O–H groups in total. The molecule has 0 fully saturated rings. The average Bonchev–Trinajstić information content (AvgIpc) is 2.16. The maximum absolute atomic E-state index is 12.2. The summed E-state index contributed by atoms with van der Waals surface area (Å²) in [5.74, 6) is -0.744. The molecule has 3 nitrogen and oxygen atoms in total. The van der Waals surface area contributed by atoms with Crippen LogP contribution in [0.4, 0.5) is 8.78 Å². The first-order valence-electron chi connectivity index (χ1n) is 3.61. The second-order valence-corrected chi connectivity index (χ2v) is 3.04. The SMILES string of the molecule is O=Cc1c(CBr)cnc(C(F)F)c1O. The monoisotopic (exact) mass is 265 g/mol. The van der Waals surface area contributed by atoms with E-state index in [9.17, 15) is 18.7 Å². The predicted molar refractivity (Wildman–Crippen MR) is 48.9 cm³/mol. The zero-order valence-corrected chi connectivity index (χ0v) is 8.46. The fraction of sp³-hybridized carbons (Fsp3) is 0.250. The maximum atomic E-state index is 12.2. The number of hydrogen-bond donors (Lipinski definition) is 1. The Balaban J connectivity index is 3.34. The van der Waals surface area contributed by atoms with Gasteiger partial charge in [0.2, 0.25) is 0 Å². The normalized spacial score (nSPS) is 10.6. The molecule has 0 radical (unpaired) electrons. The van der Waals surface area contributed by atoms with Crippen molar-refractivity contribution in [2.75, 3.05) is 0 Å². The third-order valence-corrected chi connectivity index (χ3v) is 2.28. The van der Waals surface area contributed by atoms with Crippen molar-refractivity contribution >= 4 is 22.2 Å². The molecule has 0 aliphatic rings. The molecular weight excluding hydrogens is 260 g/mol. The largest absolute Gasteiger partial charge is 0.505 e. The number of nitrogens with zero attached hydrogens (tertiary/aromatic N) is 1. The van der Waals surface area contributed by atoms with Crippen LogP contribution in [0.3, 0.4) is 0 Å². The minimum absolute atomic E-state index is 0.146. The van der Waals surface area contributed by atoms with Gasteiger partial charge in [-0.1, -0.05) is 15.9 Å². The van der Waals surface area contributed by atoms with Crippen LogP contribution in [0.15, 0.2) is 6.20 Å². The topological polar surface area (TPSA) is 50.2 Å². The molecule has 0 bridgehead atoms. The van der Waals surface area contributed by atoms with E-state index >= 15 is 0 Å². The summed E-state index contributed by atoms with van der Waals surface area (Å²) in [5.41, 5.74) is -0.536. The summed E-state index contributed by atoms with van der Waals surface area (Å²) in [6.07, 6.45) is -1.42. The van der Waals surface area contributed by atoms with E-state index in [4.69, 9.17) is 0 Å². The van der Waals surface area contributed by atoms with Gasteiger partial charge < -0.3 is 5.11 Å². The van der Waals surface area contributed by atoms with Gasteiger partial charge in [0.05, 0.1) is 5.56 Å². The highest BCUT2D eigenvalue weighted by Gasteiger charge is 2.19. The van der Waals surface area contributed by atoms with E-state index in [-0.39, 0.29) is 10.9 Å². The smallest absolute Gasteiger partial charge is 0.284 e. The van der Waals surface area contributed by atoms with Gasteiger partial charge in [0.25, 0.3) is 6.43 Å². The van der Waals surface area contributed by atoms with Gasteiger partial charge in [-0.3, -0.25) is 9.78 Å². The van der Waals surface area contributed by atoms with Crippen LogP contribution in [0.1, 0.15) is 28.0 Å². The van der Waals surface area contributed by atoms with Crippen LogP contribution in [0.25, 0.3) is 0 Å². The number of aromatic hydroxyl groups is 1. The molecular formula is C8H6BrF2NO2. The Morgan fingerprint density at radius 1 is 1.64 bits per heavy atom. The molecule has 0 amide bonds. The number of aromatic nitrogens is 1. The Labute approximate surface area is 86.9 Å². The van der Waals surface area contributed by atoms with Gasteiger partial charge in [-0.05, 0) is 5.56 Å². The van der Waals surface area contributed by atoms with E-state index in [2.05, 4.69) is 20.9 Å². The summed E-state index contributed by atoms with van der Waals surface area (Å²) in [7, 11) is 0. The van der Waals surface area contributed by atoms with E-state index in [1.807, 2.05) is 0 Å². The number of hydrogen-bond acceptors (Lipinski definition) is 3. The van der Waals surface area contributed by atoms with Crippen molar-refractivity contribution in [3.63, 3.8) is 0 Å². The first kappa shape index (κ1) is 11.0. The highest BCUT2D eigenvalue weighted by Crippen LogP contribution is 2.30. The fourth-order valence-corrected chi connectivity index (χ4v) is 1.41. The van der Waals surface area contributed by atoms with E-state index in [1.54, 1.807) is 0 Å². The number of carbonyl (C=O) groups excluding carboxylic acids is 1. The Morgan fingerprint density at radius 3 is 2.71 bits per heavy atom. The lowest BCUT2D eigenvalue weighted by atomic mass is 10.1. The second-order valence-electron chi connectivity index (χ2n) is 2.48. The minimum Gasteiger partial charge on any atom is -0.505 e. The number of carbonyl (C=O) groups is 1. The second kappa shape index (κ2) is 4.45. The lowest BCUT2D eigenvalue weighted by Crippen LogP contribution is -1.98. The molecule has 1 aromatic rings. The Bertz CT molecular complexity index is 357. The van der Waals surface area contributed by atoms with Gasteiger partial charge in [0.15, 0.2) is 12.0 Å². The number of alkyl halides is 3. The molecule has 1 rings (SSSR count). The molecule has 14 heavy (non-hydrogen) atoms. The van der Waals surface area contributed by atoms with Gasteiger partial charge in [-0.25, -0.2) is 8.78 Å². The summed E-state index contributed by atoms with van der Waals surface area (Å²) >= 11 is 3.05. The highest BCUT2D eigenvalue weighted by atomic mass is 79.9. The zero-order chi connectivity index (χ0) is 10.7. The number of pyridine rings is 1. The first-order valence-corrected chi connectivity index (χ1v) is 4.74. The van der Waals surface area contributed by atoms with Crippen molar-refractivity contribution in [1.29, 1.82) is 0 Å². The summed E-state index contributed by atoms with van der Waals surface area (Å²) in [6, 6.07) is 0. The summed E-state index contributed by atoms with van der Waals surface area (Å²) in [4.78, 5) is 13.9. The Hall–Kier alpha value is -1.04. The molecule has 1 heterocycles. The van der Waals surface area contributed by atoms with Gasteiger partial charge >= 0.3 is 0 Å². The zero-order valence-electron chi connectivity index (χ0n) is 6.88. The summed E-state index contributed by atoms with van der Waals surface area (Å²) < 4.78 is 24.5. The summed E-state index contributed by atoms with van der Waals surface area (Å²) in [6.45, 7) is 0. The molecule has 0 saturated heterocycles. The van der Waals surface area contributed by atoms with Crippen LogP contribution in [-0.4, -0.2) is 16.4 Å². The average molecular weight is 266 g/mol. The lowest BCUT2D eigenvalue weighted by Gasteiger charge is -2.07. The summed E-state index contributed by atoms with van der Waals surface area (Å²) in [5, 5.41) is 9.55. The highest BCUT2D eigenvalue weighted by molar-refractivity contribution is 9.08. The molecule has 76 valence electrons. The molecule has 0 spiro atoms. The third kappa shape index (κ3) is 1.89. The standard InChI is InChI=1S/C8H6BrF2NO2/c9-1-4-2-12-6(8(10)11)7(14)5(4)3-13/h2-3,8,14H,1H2. The molecule has 0 atom stereocenters. The van der Waals surface area contributed by atoms with E-state index in [0.717, 1.165) is 6.20 Å². The molecule has 0 aliphatic carbocycles. The lowest BCUT2D eigenvalue weighted by molar-refractivity contribution is 0.111. The first-order chi connectivity index (χ1) is 6.61. The number of aldehydes is 1. The molecule has 0 unspecified atom stereocenters. The Kier molecular flexibility index (Phi) is 3.51. The van der Waals surface area contributed by atoms with Crippen LogP contribution in [0, 0.1) is 0 Å². The molecule has 1 aromatic heterocycles. The third-order valence-electron chi connectivity index (χ3n) is 1.67. The van der Waals surface area contributed by atoms with Crippen molar-refractivity contribution in [2.24, 2.45) is 0 Å². The van der Waals surface area contributed by atoms with Crippen molar-refractivity contribution in [3.8, 4) is 5.75 Å². The van der Waals surface area contributed by atoms with Gasteiger partial charge in [0, 0.05) is 11.5 Å². The van der Waals surface area contributed by atoms with Crippen molar-refractivity contribution in [3.05, 3.63) is 23.0 Å². The van der Waals surface area contributed by atoms with Crippen molar-refractivity contribution in [2.45, 2.75) is 11.8 Å². The van der Waals surface area contributed by atoms with Gasteiger partial charge in [-0.2, -0.15) is 0 Å². The quantitative estimate of drug-likeness (QED) is 0.675. The minimum atomic E-state index is -2.89. The Morgan fingerprint density at radius 2 is 2.29 bits per heavy atom. The van der Waals surface area contributed by atoms with Crippen LogP contribution in [0.5, 0.6) is 5.75 Å². The maximum Gasteiger partial charge on any atom is 0.284 e. The molecule has 0 aliphatic heterocycles. The van der Waals surface area contributed by atoms with Crippen LogP contribution in [-0.2, 0) is 5.33 Å². The van der Waals surface area contributed by atoms with Gasteiger partial charge in [0.1, 0.15) is 5.69 Å². The number of rotatable bonds is 3. The number of halogens is 3. The van der Waals surface area contributed by atoms with Crippen molar-refractivity contribution < 1.29 is 18.7 Å². The molecule has 0 saturated carbocycles. The van der Waals surface area contributed by atoms with Crippen molar-refractivity contribution in [1.82, 2.24) is 4.98 Å². The van der Waals surface area contributed by atoms with Crippen LogP contribution < -0.4 is 0 Å².